The first-order valence-corrected chi connectivity index (χ1v) is 6.65. The lowest BCUT2D eigenvalue weighted by Gasteiger charge is -2.30. The highest BCUT2D eigenvalue weighted by Gasteiger charge is 2.34. The van der Waals surface area contributed by atoms with E-state index in [4.69, 9.17) is 4.74 Å². The molecule has 0 bridgehead atoms. The van der Waals surface area contributed by atoms with Crippen molar-refractivity contribution in [1.29, 1.82) is 0 Å². The maximum Gasteiger partial charge on any atom is 0.419 e. The van der Waals surface area contributed by atoms with Crippen molar-refractivity contribution in [3.05, 3.63) is 29.6 Å². The van der Waals surface area contributed by atoms with Gasteiger partial charge in [0.1, 0.15) is 5.82 Å². The summed E-state index contributed by atoms with van der Waals surface area (Å²) in [4.78, 5) is 0. The zero-order valence-corrected chi connectivity index (χ0v) is 11.1. The Morgan fingerprint density at radius 1 is 1.35 bits per heavy atom. The van der Waals surface area contributed by atoms with E-state index in [-0.39, 0.29) is 12.1 Å². The zero-order chi connectivity index (χ0) is 14.8. The van der Waals surface area contributed by atoms with Crippen LogP contribution in [0.3, 0.4) is 0 Å². The molecule has 0 aliphatic carbocycles. The smallest absolute Gasteiger partial charge is 0.382 e. The largest absolute Gasteiger partial charge is 0.419 e. The average Bonchev–Trinajstić information content (AvgIpc) is 2.40. The Morgan fingerprint density at radius 3 is 2.75 bits per heavy atom. The summed E-state index contributed by atoms with van der Waals surface area (Å²) in [6, 6.07) is 3.06. The molecule has 1 N–H and O–H groups in total. The van der Waals surface area contributed by atoms with Gasteiger partial charge >= 0.3 is 6.18 Å². The molecule has 1 aromatic carbocycles. The van der Waals surface area contributed by atoms with Gasteiger partial charge in [0.05, 0.1) is 11.7 Å². The summed E-state index contributed by atoms with van der Waals surface area (Å²) in [6.07, 6.45) is -2.20. The van der Waals surface area contributed by atoms with E-state index in [0.717, 1.165) is 31.4 Å². The van der Waals surface area contributed by atoms with Crippen LogP contribution in [0.2, 0.25) is 0 Å². The third-order valence-corrected chi connectivity index (χ3v) is 3.47. The molecule has 1 saturated heterocycles. The molecule has 112 valence electrons. The zero-order valence-electron chi connectivity index (χ0n) is 11.1. The van der Waals surface area contributed by atoms with Crippen LogP contribution in [0.5, 0.6) is 0 Å². The molecular weight excluding hydrogens is 274 g/mol. The van der Waals surface area contributed by atoms with Crippen LogP contribution in [0.25, 0.3) is 0 Å². The molecule has 2 nitrogen and oxygen atoms in total. The fourth-order valence-corrected chi connectivity index (χ4v) is 2.36. The summed E-state index contributed by atoms with van der Waals surface area (Å²) in [5, 5.41) is 3.04. The SMILES string of the molecule is CCC1CC(Nc2ccc(F)c(C(F)(F)F)c2)CCO1. The highest BCUT2D eigenvalue weighted by molar-refractivity contribution is 5.48. The lowest BCUT2D eigenvalue weighted by Crippen LogP contribution is -2.33. The Labute approximate surface area is 115 Å². The second-order valence-electron chi connectivity index (χ2n) is 4.96. The number of hydrogen-bond donors (Lipinski definition) is 1. The second-order valence-corrected chi connectivity index (χ2v) is 4.96. The van der Waals surface area contributed by atoms with E-state index >= 15 is 0 Å². The van der Waals surface area contributed by atoms with E-state index < -0.39 is 17.6 Å². The summed E-state index contributed by atoms with van der Waals surface area (Å²) in [5.41, 5.74) is -0.943. The summed E-state index contributed by atoms with van der Waals surface area (Å²) in [6.45, 7) is 2.59. The van der Waals surface area contributed by atoms with Crippen molar-refractivity contribution < 1.29 is 22.3 Å². The van der Waals surface area contributed by atoms with Gasteiger partial charge in [-0.05, 0) is 37.5 Å². The molecule has 1 heterocycles. The van der Waals surface area contributed by atoms with Gasteiger partial charge in [0.2, 0.25) is 0 Å². The molecule has 20 heavy (non-hydrogen) atoms. The molecule has 0 amide bonds. The first-order chi connectivity index (χ1) is 9.40. The number of nitrogens with one attached hydrogen (secondary N) is 1. The van der Waals surface area contributed by atoms with Crippen molar-refractivity contribution in [2.24, 2.45) is 0 Å². The van der Waals surface area contributed by atoms with Gasteiger partial charge in [0.15, 0.2) is 0 Å². The third kappa shape index (κ3) is 3.62. The predicted molar refractivity (Wildman–Crippen MR) is 68.1 cm³/mol. The van der Waals surface area contributed by atoms with Crippen LogP contribution in [-0.2, 0) is 10.9 Å². The van der Waals surface area contributed by atoms with Crippen LogP contribution in [-0.4, -0.2) is 18.8 Å². The Bertz CT molecular complexity index is 461. The van der Waals surface area contributed by atoms with Gasteiger partial charge in [0.25, 0.3) is 0 Å². The Balaban J connectivity index is 2.10. The van der Waals surface area contributed by atoms with E-state index in [1.165, 1.54) is 6.07 Å². The number of benzene rings is 1. The van der Waals surface area contributed by atoms with Crippen molar-refractivity contribution in [3.8, 4) is 0 Å². The molecule has 1 aliphatic rings. The Kier molecular flexibility index (Phi) is 4.52. The fraction of sp³-hybridized carbons (Fsp3) is 0.571. The van der Waals surface area contributed by atoms with Gasteiger partial charge in [-0.1, -0.05) is 6.92 Å². The first-order valence-electron chi connectivity index (χ1n) is 6.65. The van der Waals surface area contributed by atoms with Gasteiger partial charge in [0, 0.05) is 18.3 Å². The van der Waals surface area contributed by atoms with Crippen LogP contribution in [0.15, 0.2) is 18.2 Å². The minimum absolute atomic E-state index is 0.0558. The Hall–Kier alpha value is -1.30. The minimum atomic E-state index is -4.68. The molecule has 0 spiro atoms. The molecule has 0 aromatic heterocycles. The van der Waals surface area contributed by atoms with Gasteiger partial charge in [-0.15, -0.1) is 0 Å². The van der Waals surface area contributed by atoms with Crippen LogP contribution < -0.4 is 5.32 Å². The molecule has 0 radical (unpaired) electrons. The molecule has 1 aliphatic heterocycles. The van der Waals surface area contributed by atoms with Crippen molar-refractivity contribution >= 4 is 5.69 Å². The summed E-state index contributed by atoms with van der Waals surface area (Å²) in [5.74, 6) is -1.25. The molecule has 2 unspecified atom stereocenters. The van der Waals surface area contributed by atoms with E-state index in [1.54, 1.807) is 0 Å². The lowest BCUT2D eigenvalue weighted by molar-refractivity contribution is -0.139. The predicted octanol–water partition coefficient (Wildman–Crippen LogP) is 4.21. The van der Waals surface area contributed by atoms with Crippen LogP contribution in [0, 0.1) is 5.82 Å². The number of alkyl halides is 3. The number of halogens is 4. The molecule has 2 atom stereocenters. The molecule has 1 aromatic rings. The van der Waals surface area contributed by atoms with E-state index in [9.17, 15) is 17.6 Å². The first kappa shape index (κ1) is 15.1. The number of anilines is 1. The van der Waals surface area contributed by atoms with Crippen molar-refractivity contribution in [1.82, 2.24) is 0 Å². The normalized spacial score (nSPS) is 23.6. The van der Waals surface area contributed by atoms with Gasteiger partial charge in [-0.3, -0.25) is 0 Å². The fourth-order valence-electron chi connectivity index (χ4n) is 2.36. The number of hydrogen-bond acceptors (Lipinski definition) is 2. The quantitative estimate of drug-likeness (QED) is 0.842. The average molecular weight is 291 g/mol. The van der Waals surface area contributed by atoms with E-state index in [0.29, 0.717) is 12.3 Å². The lowest BCUT2D eigenvalue weighted by atomic mass is 10.0. The van der Waals surface area contributed by atoms with E-state index in [1.807, 2.05) is 6.92 Å². The van der Waals surface area contributed by atoms with Crippen LogP contribution in [0.4, 0.5) is 23.2 Å². The highest BCUT2D eigenvalue weighted by Crippen LogP contribution is 2.33. The third-order valence-electron chi connectivity index (χ3n) is 3.47. The van der Waals surface area contributed by atoms with Crippen molar-refractivity contribution in [2.45, 2.75) is 44.5 Å². The topological polar surface area (TPSA) is 21.3 Å². The minimum Gasteiger partial charge on any atom is -0.382 e. The second kappa shape index (κ2) is 5.99. The molecular formula is C14H17F4NO. The Morgan fingerprint density at radius 2 is 2.10 bits per heavy atom. The van der Waals surface area contributed by atoms with Gasteiger partial charge in [-0.2, -0.15) is 13.2 Å². The van der Waals surface area contributed by atoms with Crippen LogP contribution >= 0.6 is 0 Å². The monoisotopic (exact) mass is 291 g/mol. The summed E-state index contributed by atoms with van der Waals surface area (Å²) >= 11 is 0. The molecule has 0 saturated carbocycles. The van der Waals surface area contributed by atoms with Gasteiger partial charge in [-0.25, -0.2) is 4.39 Å². The van der Waals surface area contributed by atoms with Crippen molar-refractivity contribution in [3.63, 3.8) is 0 Å². The van der Waals surface area contributed by atoms with Crippen molar-refractivity contribution in [2.75, 3.05) is 11.9 Å². The number of ether oxygens (including phenoxy) is 1. The molecule has 6 heteroatoms. The number of rotatable bonds is 3. The van der Waals surface area contributed by atoms with E-state index in [2.05, 4.69) is 5.32 Å². The van der Waals surface area contributed by atoms with Crippen LogP contribution in [0.1, 0.15) is 31.7 Å². The molecule has 1 fully saturated rings. The standard InChI is InChI=1S/C14H17F4NO/c1-2-11-7-10(5-6-20-11)19-9-3-4-13(15)12(8-9)14(16,17)18/h3-4,8,10-11,19H,2,5-7H2,1H3. The maximum atomic E-state index is 13.2. The summed E-state index contributed by atoms with van der Waals surface area (Å²) < 4.78 is 56.6. The maximum absolute atomic E-state index is 13.2. The highest BCUT2D eigenvalue weighted by atomic mass is 19.4. The molecule has 2 rings (SSSR count). The van der Waals surface area contributed by atoms with Gasteiger partial charge < -0.3 is 10.1 Å². The summed E-state index contributed by atoms with van der Waals surface area (Å²) in [7, 11) is 0.